The average Bonchev–Trinajstić information content (AvgIpc) is 2.09. The molecule has 0 atom stereocenters. The molecule has 0 aromatic rings. The van der Waals surface area contributed by atoms with Crippen LogP contribution in [-0.4, -0.2) is 54.7 Å². The first-order chi connectivity index (χ1) is 6.77. The molecule has 0 fully saturated rings. The van der Waals surface area contributed by atoms with Gasteiger partial charge in [0.15, 0.2) is 0 Å². The molecule has 15 heavy (non-hydrogen) atoms. The summed E-state index contributed by atoms with van der Waals surface area (Å²) in [5.74, 6) is -0.709. The highest BCUT2D eigenvalue weighted by Crippen LogP contribution is 1.90. The number of nitrogens with one attached hydrogen (secondary N) is 2. The molecule has 0 radical (unpaired) electrons. The van der Waals surface area contributed by atoms with Crippen LogP contribution in [0.3, 0.4) is 0 Å². The quantitative estimate of drug-likeness (QED) is 0.520. The van der Waals surface area contributed by atoms with E-state index in [0.29, 0.717) is 19.5 Å². The Labute approximate surface area is 91.4 Å². The summed E-state index contributed by atoms with van der Waals surface area (Å²) < 4.78 is 46.3. The van der Waals surface area contributed by atoms with Crippen LogP contribution in [0, 0.1) is 0 Å². The minimum atomic E-state index is -3.45. The minimum Gasteiger partial charge on any atom is -0.320 e. The van der Waals surface area contributed by atoms with Gasteiger partial charge >= 0.3 is 0 Å². The van der Waals surface area contributed by atoms with Gasteiger partial charge in [0.05, 0.1) is 11.5 Å². The van der Waals surface area contributed by atoms with E-state index in [1.54, 1.807) is 7.05 Å². The normalized spacial score (nSPS) is 12.9. The zero-order valence-electron chi connectivity index (χ0n) is 8.99. The zero-order chi connectivity index (χ0) is 11.9. The van der Waals surface area contributed by atoms with Crippen molar-refractivity contribution in [3.8, 4) is 0 Å². The maximum atomic E-state index is 11.2. The summed E-state index contributed by atoms with van der Waals surface area (Å²) in [5.41, 5.74) is 0. The molecule has 0 aliphatic carbocycles. The molecule has 0 unspecified atom stereocenters. The van der Waals surface area contributed by atoms with Crippen molar-refractivity contribution >= 4 is 19.9 Å². The lowest BCUT2D eigenvalue weighted by Crippen LogP contribution is -2.31. The first-order valence-corrected chi connectivity index (χ1v) is 8.28. The highest BCUT2D eigenvalue weighted by Gasteiger charge is 2.13. The van der Waals surface area contributed by atoms with E-state index in [1.165, 1.54) is 0 Å². The number of rotatable bonds is 8. The van der Waals surface area contributed by atoms with Crippen LogP contribution in [0.4, 0.5) is 0 Å². The van der Waals surface area contributed by atoms with Crippen LogP contribution in [-0.2, 0) is 19.9 Å². The molecule has 0 saturated heterocycles. The van der Waals surface area contributed by atoms with Crippen molar-refractivity contribution in [3.63, 3.8) is 0 Å². The third-order valence-corrected chi connectivity index (χ3v) is 4.24. The van der Waals surface area contributed by atoms with Crippen molar-refractivity contribution in [1.82, 2.24) is 10.0 Å². The SMILES string of the molecule is CNCCCNS(=O)(=O)CCS(C)(=O)=O. The van der Waals surface area contributed by atoms with Gasteiger partial charge in [0, 0.05) is 12.8 Å². The predicted molar refractivity (Wildman–Crippen MR) is 60.0 cm³/mol. The molecule has 0 aliphatic rings. The van der Waals surface area contributed by atoms with Gasteiger partial charge in [0.1, 0.15) is 9.84 Å². The van der Waals surface area contributed by atoms with Crippen LogP contribution >= 0.6 is 0 Å². The van der Waals surface area contributed by atoms with Gasteiger partial charge in [-0.3, -0.25) is 0 Å². The van der Waals surface area contributed by atoms with Crippen molar-refractivity contribution in [3.05, 3.63) is 0 Å². The molecule has 0 aromatic carbocycles. The molecule has 8 heteroatoms. The lowest BCUT2D eigenvalue weighted by Gasteiger charge is -2.05. The molecule has 6 nitrogen and oxygen atoms in total. The van der Waals surface area contributed by atoms with E-state index in [4.69, 9.17) is 0 Å². The molecule has 2 N–H and O–H groups in total. The van der Waals surface area contributed by atoms with Crippen molar-refractivity contribution < 1.29 is 16.8 Å². The van der Waals surface area contributed by atoms with E-state index in [-0.39, 0.29) is 11.5 Å². The van der Waals surface area contributed by atoms with Crippen molar-refractivity contribution in [2.75, 3.05) is 37.9 Å². The van der Waals surface area contributed by atoms with Gasteiger partial charge < -0.3 is 5.32 Å². The van der Waals surface area contributed by atoms with Crippen LogP contribution in [0.1, 0.15) is 6.42 Å². The Balaban J connectivity index is 3.88. The number of sulfone groups is 1. The van der Waals surface area contributed by atoms with Crippen LogP contribution in [0.15, 0.2) is 0 Å². The summed E-state index contributed by atoms with van der Waals surface area (Å²) in [6, 6.07) is 0. The highest BCUT2D eigenvalue weighted by molar-refractivity contribution is 7.93. The average molecular weight is 258 g/mol. The van der Waals surface area contributed by atoms with Crippen molar-refractivity contribution in [1.29, 1.82) is 0 Å². The molecular formula is C7H18N2O4S2. The molecule has 0 heterocycles. The molecule has 0 spiro atoms. The standard InChI is InChI=1S/C7H18N2O4S2/c1-8-4-3-5-9-15(12,13)7-6-14(2,10)11/h8-9H,3-7H2,1-2H3. The molecule has 0 amide bonds. The lowest BCUT2D eigenvalue weighted by atomic mass is 10.4. The Hall–Kier alpha value is -0.180. The fourth-order valence-electron chi connectivity index (χ4n) is 0.826. The minimum absolute atomic E-state index is 0.326. The van der Waals surface area contributed by atoms with Gasteiger partial charge in [-0.1, -0.05) is 0 Å². The molecule has 0 saturated carbocycles. The van der Waals surface area contributed by atoms with Crippen LogP contribution < -0.4 is 10.0 Å². The molecule has 0 aliphatic heterocycles. The molecule has 0 rings (SSSR count). The summed E-state index contributed by atoms with van der Waals surface area (Å²) in [6.45, 7) is 1.04. The first kappa shape index (κ1) is 14.8. The number of hydrogen-bond acceptors (Lipinski definition) is 5. The van der Waals surface area contributed by atoms with E-state index >= 15 is 0 Å². The van der Waals surface area contributed by atoms with E-state index in [2.05, 4.69) is 10.0 Å². The van der Waals surface area contributed by atoms with E-state index in [9.17, 15) is 16.8 Å². The Morgan fingerprint density at radius 2 is 1.60 bits per heavy atom. The van der Waals surface area contributed by atoms with Crippen molar-refractivity contribution in [2.45, 2.75) is 6.42 Å². The maximum Gasteiger partial charge on any atom is 0.212 e. The summed E-state index contributed by atoms with van der Waals surface area (Å²) in [6.07, 6.45) is 1.69. The zero-order valence-corrected chi connectivity index (χ0v) is 10.6. The van der Waals surface area contributed by atoms with Crippen LogP contribution in [0.25, 0.3) is 0 Å². The smallest absolute Gasteiger partial charge is 0.212 e. The Kier molecular flexibility index (Phi) is 6.34. The monoisotopic (exact) mass is 258 g/mol. The van der Waals surface area contributed by atoms with Gasteiger partial charge in [-0.25, -0.2) is 21.6 Å². The fourth-order valence-corrected chi connectivity index (χ4v) is 3.51. The van der Waals surface area contributed by atoms with Crippen LogP contribution in [0.2, 0.25) is 0 Å². The number of hydrogen-bond donors (Lipinski definition) is 2. The number of sulfonamides is 1. The van der Waals surface area contributed by atoms with E-state index in [1.807, 2.05) is 0 Å². The Morgan fingerprint density at radius 1 is 1.00 bits per heavy atom. The van der Waals surface area contributed by atoms with Gasteiger partial charge in [0.2, 0.25) is 10.0 Å². The second kappa shape index (κ2) is 6.41. The summed E-state index contributed by atoms with van der Waals surface area (Å²) in [5, 5.41) is 2.88. The van der Waals surface area contributed by atoms with E-state index in [0.717, 1.165) is 6.26 Å². The van der Waals surface area contributed by atoms with Crippen LogP contribution in [0.5, 0.6) is 0 Å². The molecular weight excluding hydrogens is 240 g/mol. The molecule has 0 aromatic heterocycles. The largest absolute Gasteiger partial charge is 0.320 e. The first-order valence-electron chi connectivity index (χ1n) is 4.56. The molecule has 92 valence electrons. The third kappa shape index (κ3) is 10.1. The maximum absolute atomic E-state index is 11.2. The third-order valence-electron chi connectivity index (χ3n) is 1.65. The van der Waals surface area contributed by atoms with Gasteiger partial charge in [0.25, 0.3) is 0 Å². The fraction of sp³-hybridized carbons (Fsp3) is 1.00. The van der Waals surface area contributed by atoms with E-state index < -0.39 is 19.9 Å². The topological polar surface area (TPSA) is 92.3 Å². The summed E-state index contributed by atoms with van der Waals surface area (Å²) in [4.78, 5) is 0. The summed E-state index contributed by atoms with van der Waals surface area (Å²) in [7, 11) is -4.90. The Morgan fingerprint density at radius 3 is 2.07 bits per heavy atom. The summed E-state index contributed by atoms with van der Waals surface area (Å²) >= 11 is 0. The van der Waals surface area contributed by atoms with Crippen molar-refractivity contribution in [2.24, 2.45) is 0 Å². The molecule has 0 bridgehead atoms. The second-order valence-corrected chi connectivity index (χ2v) is 7.49. The predicted octanol–water partition coefficient (Wildman–Crippen LogP) is -1.44. The Bertz CT molecular complexity index is 360. The second-order valence-electron chi connectivity index (χ2n) is 3.30. The van der Waals surface area contributed by atoms with Gasteiger partial charge in [-0.15, -0.1) is 0 Å². The highest BCUT2D eigenvalue weighted by atomic mass is 32.2. The lowest BCUT2D eigenvalue weighted by molar-refractivity contribution is 0.575. The van der Waals surface area contributed by atoms with Gasteiger partial charge in [-0.05, 0) is 20.0 Å². The van der Waals surface area contributed by atoms with Gasteiger partial charge in [-0.2, -0.15) is 0 Å².